The molecule has 0 unspecified atom stereocenters. The quantitative estimate of drug-likeness (QED) is 0.190. The van der Waals surface area contributed by atoms with E-state index < -0.39 is 0 Å². The summed E-state index contributed by atoms with van der Waals surface area (Å²) in [5.41, 5.74) is 11.8. The van der Waals surface area contributed by atoms with E-state index in [-0.39, 0.29) is 0 Å². The van der Waals surface area contributed by atoms with E-state index in [0.717, 1.165) is 56.2 Å². The fraction of sp³-hybridized carbons (Fsp3) is 0.0217. The van der Waals surface area contributed by atoms with Gasteiger partial charge in [-0.3, -0.25) is 0 Å². The van der Waals surface area contributed by atoms with Crippen LogP contribution in [0.2, 0.25) is 0 Å². The van der Waals surface area contributed by atoms with E-state index >= 15 is 0 Å². The number of nitriles is 3. The van der Waals surface area contributed by atoms with Crippen molar-refractivity contribution in [1.29, 1.82) is 15.8 Å². The number of para-hydroxylation sites is 2. The fourth-order valence-corrected chi connectivity index (χ4v) is 7.75. The minimum atomic E-state index is 0.470. The third-order valence-electron chi connectivity index (χ3n) is 9.90. The molecule has 6 aromatic carbocycles. The van der Waals surface area contributed by atoms with Gasteiger partial charge >= 0.3 is 0 Å². The lowest BCUT2D eigenvalue weighted by molar-refractivity contribution is 1.00. The number of fused-ring (bicyclic) bond motifs is 6. The van der Waals surface area contributed by atoms with Gasteiger partial charge in [0.1, 0.15) is 6.07 Å². The standard InChI is InChI=1S/C46H27N5/c47-27-30-23-24-44-39(25-30)37-16-5-7-21-43(37)51(44)45-22-9-12-32(28-48)46(45)38-18-10-17-34(40(38)29-49)31-11-8-13-33(26-31)50-41-19-3-1-2-14-35(41)36-15-4-6-20-42(36)50/h1-18,20-26H,19H2. The summed E-state index contributed by atoms with van der Waals surface area (Å²) in [6.07, 6.45) is 9.36. The summed E-state index contributed by atoms with van der Waals surface area (Å²) in [7, 11) is 0. The van der Waals surface area contributed by atoms with Gasteiger partial charge < -0.3 is 9.13 Å². The van der Waals surface area contributed by atoms with E-state index in [4.69, 9.17) is 0 Å². The predicted octanol–water partition coefficient (Wildman–Crippen LogP) is 10.8. The molecule has 0 bridgehead atoms. The molecule has 0 saturated heterocycles. The smallest absolute Gasteiger partial charge is 0.100 e. The lowest BCUT2D eigenvalue weighted by Crippen LogP contribution is -2.02. The average molecular weight is 650 g/mol. The van der Waals surface area contributed by atoms with Gasteiger partial charge in [-0.25, -0.2) is 0 Å². The molecule has 0 spiro atoms. The molecule has 1 aliphatic carbocycles. The Balaban J connectivity index is 1.27. The van der Waals surface area contributed by atoms with Gasteiger partial charge in [0.05, 0.1) is 51.1 Å². The Hall–Kier alpha value is -7.39. The first kappa shape index (κ1) is 29.7. The SMILES string of the molecule is N#Cc1ccc2c(c1)c1ccccc1n2-c1cccc(C#N)c1-c1cccc(-c2cccc(-n3c4c(c5ccccc53)C=CC=CC4)c2)c1C#N. The molecule has 51 heavy (non-hydrogen) atoms. The van der Waals surface area contributed by atoms with Crippen molar-refractivity contribution in [3.05, 3.63) is 174 Å². The first-order valence-electron chi connectivity index (χ1n) is 16.8. The summed E-state index contributed by atoms with van der Waals surface area (Å²) < 4.78 is 4.47. The van der Waals surface area contributed by atoms with Crippen molar-refractivity contribution >= 4 is 38.8 Å². The Labute approximate surface area is 294 Å². The Morgan fingerprint density at radius 1 is 0.549 bits per heavy atom. The van der Waals surface area contributed by atoms with Gasteiger partial charge in [-0.2, -0.15) is 15.8 Å². The highest BCUT2D eigenvalue weighted by Crippen LogP contribution is 2.41. The van der Waals surface area contributed by atoms with Crippen LogP contribution in [0.15, 0.2) is 146 Å². The zero-order valence-electron chi connectivity index (χ0n) is 27.4. The summed E-state index contributed by atoms with van der Waals surface area (Å²) in [5, 5.41) is 34.2. The lowest BCUT2D eigenvalue weighted by Gasteiger charge is -2.18. The molecule has 2 aromatic heterocycles. The molecule has 0 saturated carbocycles. The maximum atomic E-state index is 10.9. The van der Waals surface area contributed by atoms with E-state index in [1.807, 2.05) is 72.8 Å². The zero-order chi connectivity index (χ0) is 34.5. The summed E-state index contributed by atoms with van der Waals surface area (Å²) in [6.45, 7) is 0. The molecule has 236 valence electrons. The van der Waals surface area contributed by atoms with Crippen molar-refractivity contribution in [2.45, 2.75) is 6.42 Å². The zero-order valence-corrected chi connectivity index (χ0v) is 27.4. The number of rotatable bonds is 4. The normalized spacial score (nSPS) is 12.0. The molecule has 5 nitrogen and oxygen atoms in total. The van der Waals surface area contributed by atoms with Crippen molar-refractivity contribution in [2.24, 2.45) is 0 Å². The summed E-state index contributed by atoms with van der Waals surface area (Å²) >= 11 is 0. The number of aromatic nitrogens is 2. The topological polar surface area (TPSA) is 81.2 Å². The minimum absolute atomic E-state index is 0.470. The predicted molar refractivity (Wildman–Crippen MR) is 205 cm³/mol. The third-order valence-corrected chi connectivity index (χ3v) is 9.90. The van der Waals surface area contributed by atoms with Crippen LogP contribution >= 0.6 is 0 Å². The Bertz CT molecular complexity index is 2930. The van der Waals surface area contributed by atoms with E-state index in [9.17, 15) is 15.8 Å². The van der Waals surface area contributed by atoms with Crippen LogP contribution in [0.25, 0.3) is 72.4 Å². The van der Waals surface area contributed by atoms with Crippen molar-refractivity contribution in [3.8, 4) is 51.8 Å². The van der Waals surface area contributed by atoms with Crippen LogP contribution in [0.5, 0.6) is 0 Å². The highest BCUT2D eigenvalue weighted by Gasteiger charge is 2.23. The Morgan fingerprint density at radius 3 is 2.12 bits per heavy atom. The molecule has 2 heterocycles. The molecular formula is C46H27N5. The third kappa shape index (κ3) is 4.60. The summed E-state index contributed by atoms with van der Waals surface area (Å²) in [6, 6.07) is 49.4. The van der Waals surface area contributed by atoms with Gasteiger partial charge in [0.2, 0.25) is 0 Å². The summed E-state index contributed by atoms with van der Waals surface area (Å²) in [5.74, 6) is 0. The molecule has 0 fully saturated rings. The van der Waals surface area contributed by atoms with Crippen molar-refractivity contribution in [2.75, 3.05) is 0 Å². The van der Waals surface area contributed by atoms with E-state index in [1.54, 1.807) is 6.07 Å². The molecular weight excluding hydrogens is 623 g/mol. The van der Waals surface area contributed by atoms with E-state index in [2.05, 4.69) is 100 Å². The molecule has 9 rings (SSSR count). The second-order valence-electron chi connectivity index (χ2n) is 12.6. The van der Waals surface area contributed by atoms with Crippen LogP contribution in [0.3, 0.4) is 0 Å². The maximum absolute atomic E-state index is 10.9. The average Bonchev–Trinajstić information content (AvgIpc) is 3.56. The monoisotopic (exact) mass is 649 g/mol. The van der Waals surface area contributed by atoms with Crippen LogP contribution in [-0.4, -0.2) is 9.13 Å². The van der Waals surface area contributed by atoms with E-state index in [1.165, 1.54) is 16.6 Å². The van der Waals surface area contributed by atoms with E-state index in [0.29, 0.717) is 27.8 Å². The fourth-order valence-electron chi connectivity index (χ4n) is 7.75. The second-order valence-corrected chi connectivity index (χ2v) is 12.6. The molecule has 0 amide bonds. The van der Waals surface area contributed by atoms with Crippen LogP contribution < -0.4 is 0 Å². The molecule has 0 atom stereocenters. The Morgan fingerprint density at radius 2 is 1.29 bits per heavy atom. The molecule has 8 aromatic rings. The number of nitrogens with zero attached hydrogens (tertiary/aromatic N) is 5. The van der Waals surface area contributed by atoms with Crippen LogP contribution in [-0.2, 0) is 6.42 Å². The van der Waals surface area contributed by atoms with Gasteiger partial charge in [0.15, 0.2) is 0 Å². The second kappa shape index (κ2) is 11.9. The van der Waals surface area contributed by atoms with Crippen LogP contribution in [0.1, 0.15) is 27.9 Å². The van der Waals surface area contributed by atoms with Crippen molar-refractivity contribution in [3.63, 3.8) is 0 Å². The van der Waals surface area contributed by atoms with Crippen molar-refractivity contribution < 1.29 is 0 Å². The Kier molecular flexibility index (Phi) is 6.96. The number of hydrogen-bond donors (Lipinski definition) is 0. The van der Waals surface area contributed by atoms with Gasteiger partial charge in [0.25, 0.3) is 0 Å². The minimum Gasteiger partial charge on any atom is -0.313 e. The van der Waals surface area contributed by atoms with Gasteiger partial charge in [-0.1, -0.05) is 97.1 Å². The van der Waals surface area contributed by atoms with Gasteiger partial charge in [-0.05, 0) is 60.2 Å². The molecule has 1 aliphatic rings. The summed E-state index contributed by atoms with van der Waals surface area (Å²) in [4.78, 5) is 0. The molecule has 5 heteroatoms. The highest BCUT2D eigenvalue weighted by atomic mass is 15.0. The molecule has 0 N–H and O–H groups in total. The molecule has 0 radical (unpaired) electrons. The lowest BCUT2D eigenvalue weighted by atomic mass is 9.89. The van der Waals surface area contributed by atoms with Crippen LogP contribution in [0, 0.1) is 34.0 Å². The van der Waals surface area contributed by atoms with Gasteiger partial charge in [0, 0.05) is 56.2 Å². The van der Waals surface area contributed by atoms with Crippen LogP contribution in [0.4, 0.5) is 0 Å². The first-order chi connectivity index (χ1) is 25.2. The highest BCUT2D eigenvalue weighted by molar-refractivity contribution is 6.10. The maximum Gasteiger partial charge on any atom is 0.100 e. The first-order valence-corrected chi connectivity index (χ1v) is 16.8. The number of benzene rings is 6. The van der Waals surface area contributed by atoms with Gasteiger partial charge in [-0.15, -0.1) is 0 Å². The van der Waals surface area contributed by atoms with Crippen molar-refractivity contribution in [1.82, 2.24) is 9.13 Å². The largest absolute Gasteiger partial charge is 0.313 e. The number of hydrogen-bond acceptors (Lipinski definition) is 3. The molecule has 0 aliphatic heterocycles. The number of allylic oxidation sites excluding steroid dienone is 3.